The fourth-order valence-electron chi connectivity index (χ4n) is 3.46. The highest BCUT2D eigenvalue weighted by Gasteiger charge is 2.47. The summed E-state index contributed by atoms with van der Waals surface area (Å²) in [5.74, 6) is 1.04. The van der Waals surface area contributed by atoms with Crippen LogP contribution in [0.3, 0.4) is 0 Å². The topological polar surface area (TPSA) is 12.5 Å². The monoisotopic (exact) mass is 293 g/mol. The van der Waals surface area contributed by atoms with Gasteiger partial charge in [-0.1, -0.05) is 53.7 Å². The van der Waals surface area contributed by atoms with Gasteiger partial charge in [0.05, 0.1) is 5.69 Å². The zero-order valence-corrected chi connectivity index (χ0v) is 15.4. The molecule has 0 aliphatic carbocycles. The summed E-state index contributed by atoms with van der Waals surface area (Å²) in [5.41, 5.74) is 2.96. The molecule has 1 aromatic rings. The fourth-order valence-corrected chi connectivity index (χ4v) is 8.72. The summed E-state index contributed by atoms with van der Waals surface area (Å²) < 4.78 is 6.78. The van der Waals surface area contributed by atoms with Crippen molar-refractivity contribution in [3.63, 3.8) is 0 Å². The second kappa shape index (κ2) is 6.66. The molecule has 0 aliphatic rings. The van der Waals surface area contributed by atoms with Gasteiger partial charge in [-0.2, -0.15) is 0 Å². The Balaban J connectivity index is 3.27. The first-order valence-corrected chi connectivity index (χ1v) is 9.82. The normalized spacial score (nSPS) is 12.3. The first kappa shape index (κ1) is 17.1. The van der Waals surface area contributed by atoms with Gasteiger partial charge >= 0.3 is 0 Å². The highest BCUT2D eigenvalue weighted by molar-refractivity contribution is 6.78. The molecular weight excluding hydrogens is 262 g/mol. The van der Waals surface area contributed by atoms with E-state index in [4.69, 9.17) is 4.43 Å². The molecule has 0 amide bonds. The van der Waals surface area contributed by atoms with E-state index in [9.17, 15) is 0 Å². The van der Waals surface area contributed by atoms with Gasteiger partial charge in [-0.15, -0.1) is 0 Å². The quantitative estimate of drug-likeness (QED) is 0.659. The molecule has 0 aliphatic heterocycles. The number of nitrogens with zero attached hydrogens (tertiary/aromatic N) is 1. The van der Waals surface area contributed by atoms with E-state index >= 15 is 0 Å². The van der Waals surface area contributed by atoms with Crippen LogP contribution in [0.25, 0.3) is 0 Å². The van der Waals surface area contributed by atoms with E-state index in [0.29, 0.717) is 16.6 Å². The van der Waals surface area contributed by atoms with Crippen molar-refractivity contribution in [1.29, 1.82) is 0 Å². The molecule has 0 atom stereocenters. The summed E-state index contributed by atoms with van der Waals surface area (Å²) in [6, 6.07) is 8.40. The Morgan fingerprint density at radius 3 is 1.70 bits per heavy atom. The molecule has 0 unspecified atom stereocenters. The molecule has 0 fully saturated rings. The lowest BCUT2D eigenvalue weighted by Gasteiger charge is -2.42. The Morgan fingerprint density at radius 2 is 1.30 bits per heavy atom. The predicted molar refractivity (Wildman–Crippen MR) is 92.4 cm³/mol. The SMILES string of the molecule is CC(C)[Si](Oc1ccccc1N(C)C)(C(C)C)C(C)C. The van der Waals surface area contributed by atoms with Crippen molar-refractivity contribution < 1.29 is 4.43 Å². The van der Waals surface area contributed by atoms with Gasteiger partial charge in [0.25, 0.3) is 8.32 Å². The maximum Gasteiger partial charge on any atom is 0.258 e. The minimum absolute atomic E-state index is 0.595. The molecule has 0 saturated carbocycles. The molecule has 0 bridgehead atoms. The summed E-state index contributed by atoms with van der Waals surface area (Å²) in [6.07, 6.45) is 0. The van der Waals surface area contributed by atoms with Crippen molar-refractivity contribution in [2.45, 2.75) is 58.2 Å². The molecular formula is C17H31NOSi. The number of hydrogen-bond acceptors (Lipinski definition) is 2. The van der Waals surface area contributed by atoms with Crippen LogP contribution in [-0.2, 0) is 0 Å². The number of anilines is 1. The average Bonchev–Trinajstić information content (AvgIpc) is 2.34. The molecule has 1 aromatic carbocycles. The summed E-state index contributed by atoms with van der Waals surface area (Å²) in [5, 5.41) is 0. The molecule has 0 saturated heterocycles. The van der Waals surface area contributed by atoms with Gasteiger partial charge in [0.1, 0.15) is 5.75 Å². The number of rotatable bonds is 6. The van der Waals surface area contributed by atoms with Crippen molar-refractivity contribution in [3.05, 3.63) is 24.3 Å². The van der Waals surface area contributed by atoms with Crippen LogP contribution in [0.4, 0.5) is 5.69 Å². The lowest BCUT2D eigenvalue weighted by atomic mass is 10.3. The first-order chi connectivity index (χ1) is 9.23. The smallest absolute Gasteiger partial charge is 0.258 e. The average molecular weight is 294 g/mol. The number of para-hydroxylation sites is 2. The van der Waals surface area contributed by atoms with Crippen molar-refractivity contribution in [1.82, 2.24) is 0 Å². The van der Waals surface area contributed by atoms with E-state index in [1.807, 2.05) is 0 Å². The standard InChI is InChI=1S/C17H31NOSi/c1-13(2)20(14(3)4,15(5)6)19-17-12-10-9-11-16(17)18(7)8/h9-15H,1-8H3. The Morgan fingerprint density at radius 1 is 0.850 bits per heavy atom. The van der Waals surface area contributed by atoms with E-state index in [-0.39, 0.29) is 0 Å². The third kappa shape index (κ3) is 3.19. The lowest BCUT2D eigenvalue weighted by molar-refractivity contribution is 0.480. The molecule has 0 radical (unpaired) electrons. The summed E-state index contributed by atoms with van der Waals surface area (Å²) in [7, 11) is 2.28. The van der Waals surface area contributed by atoms with Crippen LogP contribution in [-0.4, -0.2) is 22.4 Å². The van der Waals surface area contributed by atoms with Gasteiger partial charge in [0.15, 0.2) is 0 Å². The number of benzene rings is 1. The zero-order valence-electron chi connectivity index (χ0n) is 14.4. The molecule has 3 heteroatoms. The Kier molecular flexibility index (Phi) is 5.69. The summed E-state index contributed by atoms with van der Waals surface area (Å²) in [4.78, 5) is 2.13. The van der Waals surface area contributed by atoms with Crippen LogP contribution >= 0.6 is 0 Å². The van der Waals surface area contributed by atoms with Crippen molar-refractivity contribution in [2.24, 2.45) is 0 Å². The fraction of sp³-hybridized carbons (Fsp3) is 0.647. The van der Waals surface area contributed by atoms with Crippen LogP contribution in [0.15, 0.2) is 24.3 Å². The highest BCUT2D eigenvalue weighted by atomic mass is 28.4. The van der Waals surface area contributed by atoms with Crippen molar-refractivity contribution in [3.8, 4) is 5.75 Å². The van der Waals surface area contributed by atoms with Gasteiger partial charge in [0, 0.05) is 14.1 Å². The van der Waals surface area contributed by atoms with Crippen LogP contribution in [0.5, 0.6) is 5.75 Å². The third-order valence-electron chi connectivity index (χ3n) is 4.34. The molecule has 0 aromatic heterocycles. The largest absolute Gasteiger partial charge is 0.541 e. The maximum absolute atomic E-state index is 6.78. The molecule has 1 rings (SSSR count). The minimum atomic E-state index is -1.87. The van der Waals surface area contributed by atoms with Crippen LogP contribution in [0, 0.1) is 0 Å². The van der Waals surface area contributed by atoms with Gasteiger partial charge in [-0.25, -0.2) is 0 Å². The third-order valence-corrected chi connectivity index (χ3v) is 10.3. The molecule has 2 nitrogen and oxygen atoms in total. The summed E-state index contributed by atoms with van der Waals surface area (Å²) in [6.45, 7) is 13.9. The van der Waals surface area contributed by atoms with Crippen LogP contribution in [0.1, 0.15) is 41.5 Å². The van der Waals surface area contributed by atoms with Gasteiger partial charge in [-0.05, 0) is 28.8 Å². The first-order valence-electron chi connectivity index (χ1n) is 7.68. The van der Waals surface area contributed by atoms with Crippen molar-refractivity contribution in [2.75, 3.05) is 19.0 Å². The maximum atomic E-state index is 6.78. The molecule has 0 heterocycles. The van der Waals surface area contributed by atoms with Gasteiger partial charge in [-0.3, -0.25) is 0 Å². The van der Waals surface area contributed by atoms with Crippen LogP contribution < -0.4 is 9.33 Å². The van der Waals surface area contributed by atoms with E-state index < -0.39 is 8.32 Å². The van der Waals surface area contributed by atoms with Gasteiger partial charge in [0.2, 0.25) is 0 Å². The Bertz CT molecular complexity index is 405. The predicted octanol–water partition coefficient (Wildman–Crippen LogP) is 5.31. The van der Waals surface area contributed by atoms with Crippen LogP contribution in [0.2, 0.25) is 16.6 Å². The summed E-state index contributed by atoms with van der Waals surface area (Å²) >= 11 is 0. The molecule has 20 heavy (non-hydrogen) atoms. The van der Waals surface area contributed by atoms with Gasteiger partial charge < -0.3 is 9.33 Å². The number of hydrogen-bond donors (Lipinski definition) is 0. The van der Waals surface area contributed by atoms with E-state index in [1.165, 1.54) is 5.69 Å². The van der Waals surface area contributed by atoms with E-state index in [2.05, 4.69) is 84.8 Å². The second-order valence-electron chi connectivity index (χ2n) is 6.78. The van der Waals surface area contributed by atoms with E-state index in [1.54, 1.807) is 0 Å². The minimum Gasteiger partial charge on any atom is -0.541 e. The molecule has 114 valence electrons. The Hall–Kier alpha value is -0.963. The zero-order chi connectivity index (χ0) is 15.5. The van der Waals surface area contributed by atoms with Crippen molar-refractivity contribution >= 4 is 14.0 Å². The molecule has 0 spiro atoms. The highest BCUT2D eigenvalue weighted by Crippen LogP contribution is 2.44. The lowest BCUT2D eigenvalue weighted by Crippen LogP contribution is -2.50. The van der Waals surface area contributed by atoms with E-state index in [0.717, 1.165) is 5.75 Å². The Labute approximate surface area is 126 Å². The molecule has 0 N–H and O–H groups in total. The second-order valence-corrected chi connectivity index (χ2v) is 12.2.